The fraction of sp³-hybridized carbons (Fsp3) is 0.273. The number of nitrogens with zero attached hydrogens (tertiary/aromatic N) is 2. The number of rotatable bonds is 7. The normalized spacial score (nSPS) is 13.6. The van der Waals surface area contributed by atoms with E-state index in [0.717, 1.165) is 47.2 Å². The van der Waals surface area contributed by atoms with Crippen molar-refractivity contribution in [1.82, 2.24) is 15.3 Å². The van der Waals surface area contributed by atoms with Crippen LogP contribution in [-0.4, -0.2) is 39.5 Å². The minimum atomic E-state index is -1.08. The largest absolute Gasteiger partial charge is 0.480 e. The summed E-state index contributed by atoms with van der Waals surface area (Å²) in [4.78, 5) is 33.8. The van der Waals surface area contributed by atoms with Crippen LogP contribution in [0.1, 0.15) is 54.2 Å². The molecule has 0 aliphatic carbocycles. The van der Waals surface area contributed by atoms with Crippen molar-refractivity contribution in [2.45, 2.75) is 51.5 Å². The summed E-state index contributed by atoms with van der Waals surface area (Å²) in [6.45, 7) is 7.32. The summed E-state index contributed by atoms with van der Waals surface area (Å²) >= 11 is 0. The van der Waals surface area contributed by atoms with Gasteiger partial charge in [0.25, 0.3) is 5.91 Å². The van der Waals surface area contributed by atoms with Gasteiger partial charge in [0.2, 0.25) is 0 Å². The SMILES string of the molecule is CC(C)(C)c1ccc(C(=O)NC(Cc2ccc(-c3ncc(-c4ccc5c(c4)CCCN5)cn3)cc2)C(=O)O)cc1. The molecule has 204 valence electrons. The summed E-state index contributed by atoms with van der Waals surface area (Å²) in [7, 11) is 0. The van der Waals surface area contributed by atoms with Gasteiger partial charge in [0, 0.05) is 47.7 Å². The molecule has 1 amide bonds. The van der Waals surface area contributed by atoms with Crippen LogP contribution < -0.4 is 10.6 Å². The van der Waals surface area contributed by atoms with Gasteiger partial charge < -0.3 is 15.7 Å². The van der Waals surface area contributed by atoms with Crippen LogP contribution in [0.2, 0.25) is 0 Å². The van der Waals surface area contributed by atoms with Gasteiger partial charge in [-0.3, -0.25) is 4.79 Å². The van der Waals surface area contributed by atoms with Crippen LogP contribution in [0.5, 0.6) is 0 Å². The highest BCUT2D eigenvalue weighted by atomic mass is 16.4. The van der Waals surface area contributed by atoms with Crippen molar-refractivity contribution in [2.75, 3.05) is 11.9 Å². The summed E-state index contributed by atoms with van der Waals surface area (Å²) in [6, 6.07) is 20.1. The average molecular weight is 535 g/mol. The molecule has 0 fully saturated rings. The maximum Gasteiger partial charge on any atom is 0.326 e. The molecule has 1 aliphatic rings. The second kappa shape index (κ2) is 11.3. The Kier molecular flexibility index (Phi) is 7.65. The Morgan fingerprint density at radius 3 is 2.25 bits per heavy atom. The first kappa shape index (κ1) is 27.1. The molecule has 3 aromatic carbocycles. The van der Waals surface area contributed by atoms with Gasteiger partial charge >= 0.3 is 5.97 Å². The van der Waals surface area contributed by atoms with Crippen molar-refractivity contribution < 1.29 is 14.7 Å². The number of aryl methyl sites for hydroxylation is 1. The van der Waals surface area contributed by atoms with Gasteiger partial charge in [-0.05, 0) is 64.8 Å². The molecule has 5 rings (SSSR count). The molecule has 7 heteroatoms. The lowest BCUT2D eigenvalue weighted by molar-refractivity contribution is -0.139. The van der Waals surface area contributed by atoms with Gasteiger partial charge in [0.1, 0.15) is 6.04 Å². The third-order valence-electron chi connectivity index (χ3n) is 7.30. The van der Waals surface area contributed by atoms with Crippen molar-refractivity contribution in [1.29, 1.82) is 0 Å². The van der Waals surface area contributed by atoms with Crippen molar-refractivity contribution in [3.8, 4) is 22.5 Å². The predicted molar refractivity (Wildman–Crippen MR) is 157 cm³/mol. The number of carboxylic acids is 1. The van der Waals surface area contributed by atoms with Crippen LogP contribution in [0, 0.1) is 0 Å². The van der Waals surface area contributed by atoms with Crippen molar-refractivity contribution in [3.63, 3.8) is 0 Å². The molecule has 0 saturated carbocycles. The highest BCUT2D eigenvalue weighted by Gasteiger charge is 2.22. The summed E-state index contributed by atoms with van der Waals surface area (Å²) < 4.78 is 0. The number of hydrogen-bond acceptors (Lipinski definition) is 5. The lowest BCUT2D eigenvalue weighted by atomic mass is 9.86. The first-order valence-corrected chi connectivity index (χ1v) is 13.6. The molecule has 1 aromatic heterocycles. The van der Waals surface area contributed by atoms with Crippen LogP contribution >= 0.6 is 0 Å². The van der Waals surface area contributed by atoms with E-state index in [0.29, 0.717) is 11.4 Å². The van der Waals surface area contributed by atoms with Gasteiger partial charge in [-0.25, -0.2) is 14.8 Å². The zero-order valence-electron chi connectivity index (χ0n) is 23.1. The molecule has 7 nitrogen and oxygen atoms in total. The topological polar surface area (TPSA) is 104 Å². The summed E-state index contributed by atoms with van der Waals surface area (Å²) in [5.41, 5.74) is 7.70. The molecule has 3 N–H and O–H groups in total. The zero-order valence-corrected chi connectivity index (χ0v) is 23.1. The van der Waals surface area contributed by atoms with E-state index in [-0.39, 0.29) is 11.8 Å². The number of hydrogen-bond donors (Lipinski definition) is 3. The van der Waals surface area contributed by atoms with E-state index in [2.05, 4.69) is 59.6 Å². The number of carbonyl (C=O) groups excluding carboxylic acids is 1. The Bertz CT molecular complexity index is 1510. The standard InChI is InChI=1S/C33H34N4O3/c1-33(2,3)27-13-10-23(11-14-27)31(38)37-29(32(39)40)17-21-6-8-22(9-7-21)30-35-19-26(20-36-30)24-12-15-28-25(18-24)5-4-16-34-28/h6-15,18-20,29,34H,4-5,16-17H2,1-3H3,(H,37,38)(H,39,40). The number of benzene rings is 3. The lowest BCUT2D eigenvalue weighted by Crippen LogP contribution is -2.42. The maximum atomic E-state index is 12.8. The molecule has 0 radical (unpaired) electrons. The molecule has 4 aromatic rings. The Hall–Kier alpha value is -4.52. The number of nitrogens with one attached hydrogen (secondary N) is 2. The summed E-state index contributed by atoms with van der Waals surface area (Å²) in [5, 5.41) is 15.9. The monoisotopic (exact) mass is 534 g/mol. The van der Waals surface area contributed by atoms with Gasteiger partial charge in [0.15, 0.2) is 5.82 Å². The molecule has 2 heterocycles. The number of aliphatic carboxylic acids is 1. The molecule has 0 spiro atoms. The molecular formula is C33H34N4O3. The molecule has 1 atom stereocenters. The van der Waals surface area contributed by atoms with E-state index in [9.17, 15) is 14.7 Å². The minimum absolute atomic E-state index is 0.0306. The highest BCUT2D eigenvalue weighted by molar-refractivity contribution is 5.96. The lowest BCUT2D eigenvalue weighted by Gasteiger charge is -2.19. The van der Waals surface area contributed by atoms with Crippen LogP contribution in [0.3, 0.4) is 0 Å². The number of carbonyl (C=O) groups is 2. The molecular weight excluding hydrogens is 500 g/mol. The molecule has 0 bridgehead atoms. The number of fused-ring (bicyclic) bond motifs is 1. The average Bonchev–Trinajstić information content (AvgIpc) is 2.96. The van der Waals surface area contributed by atoms with Gasteiger partial charge in [-0.2, -0.15) is 0 Å². The smallest absolute Gasteiger partial charge is 0.326 e. The fourth-order valence-corrected chi connectivity index (χ4v) is 4.87. The van der Waals surface area contributed by atoms with Crippen LogP contribution in [0.25, 0.3) is 22.5 Å². The van der Waals surface area contributed by atoms with E-state index in [1.165, 1.54) is 11.3 Å². The van der Waals surface area contributed by atoms with E-state index in [4.69, 9.17) is 0 Å². The van der Waals surface area contributed by atoms with E-state index in [1.807, 2.05) is 48.8 Å². The minimum Gasteiger partial charge on any atom is -0.480 e. The maximum absolute atomic E-state index is 12.8. The fourth-order valence-electron chi connectivity index (χ4n) is 4.87. The second-order valence-electron chi connectivity index (χ2n) is 11.3. The van der Waals surface area contributed by atoms with Crippen LogP contribution in [0.15, 0.2) is 79.1 Å². The van der Waals surface area contributed by atoms with Gasteiger partial charge in [0.05, 0.1) is 0 Å². The Balaban J connectivity index is 1.24. The van der Waals surface area contributed by atoms with E-state index < -0.39 is 17.9 Å². The first-order chi connectivity index (χ1) is 19.2. The summed E-state index contributed by atoms with van der Waals surface area (Å²) in [5.74, 6) is -0.898. The van der Waals surface area contributed by atoms with Gasteiger partial charge in [-0.15, -0.1) is 0 Å². The Morgan fingerprint density at radius 2 is 1.60 bits per heavy atom. The zero-order chi connectivity index (χ0) is 28.3. The van der Waals surface area contributed by atoms with E-state index >= 15 is 0 Å². The van der Waals surface area contributed by atoms with Crippen molar-refractivity contribution in [3.05, 3.63) is 101 Å². The number of anilines is 1. The molecule has 1 aliphatic heterocycles. The summed E-state index contributed by atoms with van der Waals surface area (Å²) in [6.07, 6.45) is 6.02. The second-order valence-corrected chi connectivity index (χ2v) is 11.3. The molecule has 1 unspecified atom stereocenters. The van der Waals surface area contributed by atoms with Gasteiger partial charge in [-0.1, -0.05) is 63.2 Å². The third-order valence-corrected chi connectivity index (χ3v) is 7.30. The molecule has 0 saturated heterocycles. The first-order valence-electron chi connectivity index (χ1n) is 13.6. The van der Waals surface area contributed by atoms with Crippen molar-refractivity contribution >= 4 is 17.6 Å². The number of carboxylic acid groups (broad SMARTS) is 1. The Morgan fingerprint density at radius 1 is 0.925 bits per heavy atom. The quantitative estimate of drug-likeness (QED) is 0.273. The van der Waals surface area contributed by atoms with Crippen molar-refractivity contribution in [2.24, 2.45) is 0 Å². The van der Waals surface area contributed by atoms with Crippen LogP contribution in [0.4, 0.5) is 5.69 Å². The number of amides is 1. The highest BCUT2D eigenvalue weighted by Crippen LogP contribution is 2.28. The third kappa shape index (κ3) is 6.20. The van der Waals surface area contributed by atoms with E-state index in [1.54, 1.807) is 12.1 Å². The predicted octanol–water partition coefficient (Wildman–Crippen LogP) is 5.89. The molecule has 40 heavy (non-hydrogen) atoms. The number of aromatic nitrogens is 2. The van der Waals surface area contributed by atoms with Crippen LogP contribution in [-0.2, 0) is 23.1 Å². The Labute approximate surface area is 234 Å².